The van der Waals surface area contributed by atoms with Gasteiger partial charge in [0.2, 0.25) is 5.91 Å². The summed E-state index contributed by atoms with van der Waals surface area (Å²) in [5, 5.41) is 0. The van der Waals surface area contributed by atoms with E-state index in [1.807, 2.05) is 11.8 Å². The third-order valence-electron chi connectivity index (χ3n) is 6.22. The first kappa shape index (κ1) is 23.6. The number of carbonyl (C=O) groups excluding carboxylic acids is 2. The highest BCUT2D eigenvalue weighted by atomic mass is 19.1. The van der Waals surface area contributed by atoms with Crippen molar-refractivity contribution in [1.29, 1.82) is 0 Å². The molecule has 2 aliphatic rings. The summed E-state index contributed by atoms with van der Waals surface area (Å²) < 4.78 is 40.3. The first-order valence-electron chi connectivity index (χ1n) is 10.9. The van der Waals surface area contributed by atoms with Crippen LogP contribution in [0.1, 0.15) is 51.6 Å². The van der Waals surface area contributed by atoms with Crippen LogP contribution in [0, 0.1) is 17.6 Å². The van der Waals surface area contributed by atoms with Crippen molar-refractivity contribution >= 4 is 11.9 Å². The molecule has 8 heteroatoms. The van der Waals surface area contributed by atoms with Gasteiger partial charge < -0.3 is 14.4 Å². The molecule has 0 aliphatic carbocycles. The zero-order valence-electron chi connectivity index (χ0n) is 18.6. The molecular weight excluding hydrogens is 406 g/mol. The Morgan fingerprint density at radius 1 is 1.23 bits per heavy atom. The van der Waals surface area contributed by atoms with Gasteiger partial charge in [-0.25, -0.2) is 13.6 Å². The number of benzene rings is 1. The molecule has 0 bridgehead atoms. The van der Waals surface area contributed by atoms with Crippen LogP contribution >= 0.6 is 0 Å². The number of amides is 1. The first-order valence-corrected chi connectivity index (χ1v) is 10.9. The molecule has 2 aliphatic heterocycles. The predicted octanol–water partition coefficient (Wildman–Crippen LogP) is 3.31. The summed E-state index contributed by atoms with van der Waals surface area (Å²) in [6.07, 6.45) is 2.05. The normalized spacial score (nSPS) is 25.6. The van der Waals surface area contributed by atoms with Crippen molar-refractivity contribution in [2.45, 2.75) is 64.3 Å². The van der Waals surface area contributed by atoms with Crippen LogP contribution in [0.3, 0.4) is 0 Å². The highest BCUT2D eigenvalue weighted by Crippen LogP contribution is 2.36. The third kappa shape index (κ3) is 5.06. The summed E-state index contributed by atoms with van der Waals surface area (Å²) >= 11 is 0. The maximum atomic E-state index is 14.8. The fourth-order valence-corrected chi connectivity index (χ4v) is 4.72. The molecule has 2 fully saturated rings. The number of methoxy groups -OCH3 is 1. The number of piperazine rings is 1. The van der Waals surface area contributed by atoms with Crippen LogP contribution in [0.25, 0.3) is 0 Å². The minimum Gasteiger partial charge on any atom is -0.467 e. The SMILES string of the molecule is COC(=O)[C@H]1CN([C@H](CC2CCCO2)c2c(F)cccc2F)C[C@@H](C)N1C(=O)C(C)C. The molecule has 2 heterocycles. The molecule has 1 amide bonds. The Hall–Kier alpha value is -2.06. The molecule has 1 aromatic carbocycles. The van der Waals surface area contributed by atoms with Crippen molar-refractivity contribution in [3.05, 3.63) is 35.4 Å². The van der Waals surface area contributed by atoms with E-state index in [1.165, 1.54) is 25.3 Å². The average molecular weight is 439 g/mol. The minimum atomic E-state index is -0.842. The molecule has 1 unspecified atom stereocenters. The zero-order valence-corrected chi connectivity index (χ0v) is 18.6. The second-order valence-electron chi connectivity index (χ2n) is 8.76. The predicted molar refractivity (Wildman–Crippen MR) is 111 cm³/mol. The Labute approximate surface area is 182 Å². The maximum absolute atomic E-state index is 14.8. The molecule has 3 rings (SSSR count). The monoisotopic (exact) mass is 438 g/mol. The highest BCUT2D eigenvalue weighted by molar-refractivity contribution is 5.86. The lowest BCUT2D eigenvalue weighted by Gasteiger charge is -2.47. The number of hydrogen-bond acceptors (Lipinski definition) is 5. The van der Waals surface area contributed by atoms with Crippen molar-refractivity contribution in [2.24, 2.45) is 5.92 Å². The summed E-state index contributed by atoms with van der Waals surface area (Å²) in [6, 6.07) is 2.06. The Kier molecular flexibility index (Phi) is 7.64. The van der Waals surface area contributed by atoms with Gasteiger partial charge in [0, 0.05) is 43.3 Å². The van der Waals surface area contributed by atoms with E-state index < -0.39 is 29.7 Å². The van der Waals surface area contributed by atoms with E-state index in [0.29, 0.717) is 19.6 Å². The lowest BCUT2D eigenvalue weighted by Crippen LogP contribution is -2.63. The quantitative estimate of drug-likeness (QED) is 0.638. The van der Waals surface area contributed by atoms with E-state index in [0.717, 1.165) is 12.8 Å². The number of rotatable bonds is 6. The molecule has 0 N–H and O–H groups in total. The molecule has 1 aromatic rings. The molecule has 4 atom stereocenters. The summed E-state index contributed by atoms with van der Waals surface area (Å²) in [5.74, 6) is -2.20. The van der Waals surface area contributed by atoms with E-state index in [1.54, 1.807) is 18.7 Å². The van der Waals surface area contributed by atoms with Crippen molar-refractivity contribution in [3.63, 3.8) is 0 Å². The molecule has 31 heavy (non-hydrogen) atoms. The Morgan fingerprint density at radius 2 is 1.90 bits per heavy atom. The largest absolute Gasteiger partial charge is 0.467 e. The van der Waals surface area contributed by atoms with Crippen molar-refractivity contribution in [3.8, 4) is 0 Å². The molecule has 0 saturated carbocycles. The van der Waals surface area contributed by atoms with E-state index in [2.05, 4.69) is 0 Å². The van der Waals surface area contributed by atoms with Gasteiger partial charge in [0.05, 0.1) is 13.2 Å². The van der Waals surface area contributed by atoms with E-state index in [-0.39, 0.29) is 36.1 Å². The number of halogens is 2. The summed E-state index contributed by atoms with van der Waals surface area (Å²) in [7, 11) is 1.28. The fourth-order valence-electron chi connectivity index (χ4n) is 4.72. The van der Waals surface area contributed by atoms with Gasteiger partial charge >= 0.3 is 5.97 Å². The maximum Gasteiger partial charge on any atom is 0.329 e. The molecule has 0 aromatic heterocycles. The zero-order chi connectivity index (χ0) is 22.7. The molecule has 6 nitrogen and oxygen atoms in total. The summed E-state index contributed by atoms with van der Waals surface area (Å²) in [5.41, 5.74) is -0.0162. The Morgan fingerprint density at radius 3 is 2.45 bits per heavy atom. The lowest BCUT2D eigenvalue weighted by molar-refractivity contribution is -0.162. The molecule has 2 saturated heterocycles. The van der Waals surface area contributed by atoms with Crippen LogP contribution in [-0.4, -0.2) is 66.7 Å². The standard InChI is InChI=1S/C23H32F2N2O4/c1-14(2)22(28)27-15(3)12-26(13-20(27)23(29)30-4)19(11-16-7-6-10-31-16)21-17(24)8-5-9-18(21)25/h5,8-9,14-16,19-20H,6-7,10-13H2,1-4H3/t15-,16?,19-,20-/m1/s1. The molecular formula is C23H32F2N2O4. The second-order valence-corrected chi connectivity index (χ2v) is 8.76. The van der Waals surface area contributed by atoms with Crippen molar-refractivity contribution in [2.75, 3.05) is 26.8 Å². The van der Waals surface area contributed by atoms with Gasteiger partial charge in [-0.15, -0.1) is 0 Å². The fraction of sp³-hybridized carbons (Fsp3) is 0.652. The van der Waals surface area contributed by atoms with E-state index in [9.17, 15) is 18.4 Å². The van der Waals surface area contributed by atoms with Gasteiger partial charge in [-0.1, -0.05) is 19.9 Å². The van der Waals surface area contributed by atoms with Crippen LogP contribution in [0.5, 0.6) is 0 Å². The summed E-state index contributed by atoms with van der Waals surface area (Å²) in [4.78, 5) is 28.9. The van der Waals surface area contributed by atoms with Crippen LogP contribution in [0.4, 0.5) is 8.78 Å². The van der Waals surface area contributed by atoms with Gasteiger partial charge in [0.15, 0.2) is 0 Å². The highest BCUT2D eigenvalue weighted by Gasteiger charge is 2.44. The number of esters is 1. The Balaban J connectivity index is 1.96. The van der Waals surface area contributed by atoms with Crippen LogP contribution in [0.2, 0.25) is 0 Å². The number of hydrogen-bond donors (Lipinski definition) is 0. The van der Waals surface area contributed by atoms with Gasteiger partial charge in [-0.05, 0) is 38.3 Å². The third-order valence-corrected chi connectivity index (χ3v) is 6.22. The van der Waals surface area contributed by atoms with Crippen molar-refractivity contribution in [1.82, 2.24) is 9.80 Å². The topological polar surface area (TPSA) is 59.1 Å². The van der Waals surface area contributed by atoms with Gasteiger partial charge in [-0.3, -0.25) is 9.69 Å². The van der Waals surface area contributed by atoms with Gasteiger partial charge in [0.1, 0.15) is 17.7 Å². The molecule has 172 valence electrons. The van der Waals surface area contributed by atoms with Gasteiger partial charge in [0.25, 0.3) is 0 Å². The molecule has 0 radical (unpaired) electrons. The van der Waals surface area contributed by atoms with Gasteiger partial charge in [-0.2, -0.15) is 0 Å². The smallest absolute Gasteiger partial charge is 0.329 e. The van der Waals surface area contributed by atoms with Crippen molar-refractivity contribution < 1.29 is 27.8 Å². The second kappa shape index (κ2) is 10.0. The number of carbonyl (C=O) groups is 2. The van der Waals surface area contributed by atoms with Crippen LogP contribution < -0.4 is 0 Å². The first-order chi connectivity index (χ1) is 14.7. The number of nitrogens with zero attached hydrogens (tertiary/aromatic N) is 2. The average Bonchev–Trinajstić information content (AvgIpc) is 3.24. The summed E-state index contributed by atoms with van der Waals surface area (Å²) in [6.45, 7) is 6.57. The number of ether oxygens (including phenoxy) is 2. The van der Waals surface area contributed by atoms with E-state index in [4.69, 9.17) is 9.47 Å². The molecule has 0 spiro atoms. The minimum absolute atomic E-state index is 0.0162. The van der Waals surface area contributed by atoms with Crippen LogP contribution in [-0.2, 0) is 19.1 Å². The van der Waals surface area contributed by atoms with Crippen LogP contribution in [0.15, 0.2) is 18.2 Å². The van der Waals surface area contributed by atoms with E-state index >= 15 is 0 Å². The Bertz CT molecular complexity index is 778. The lowest BCUT2D eigenvalue weighted by atomic mass is 9.93.